The molecule has 178 valence electrons. The van der Waals surface area contributed by atoms with Gasteiger partial charge in [0.15, 0.2) is 0 Å². The lowest BCUT2D eigenvalue weighted by molar-refractivity contribution is -0.123. The summed E-state index contributed by atoms with van der Waals surface area (Å²) in [7, 11) is 0. The molecule has 3 aromatic carbocycles. The van der Waals surface area contributed by atoms with Crippen LogP contribution < -0.4 is 10.1 Å². The molecular formula is C31H37NO2. The predicted octanol–water partition coefficient (Wildman–Crippen LogP) is 6.82. The molecule has 1 amide bonds. The number of nitrogens with one attached hydrogen (secondary N) is 1. The van der Waals surface area contributed by atoms with Gasteiger partial charge in [-0.05, 0) is 79.5 Å². The molecule has 3 aromatic rings. The van der Waals surface area contributed by atoms with Crippen molar-refractivity contribution < 1.29 is 9.53 Å². The van der Waals surface area contributed by atoms with Crippen molar-refractivity contribution in [2.45, 2.75) is 65.3 Å². The maximum atomic E-state index is 13.2. The van der Waals surface area contributed by atoms with Gasteiger partial charge >= 0.3 is 0 Å². The van der Waals surface area contributed by atoms with E-state index in [0.29, 0.717) is 19.1 Å². The maximum Gasteiger partial charge on any atom is 0.228 e. The summed E-state index contributed by atoms with van der Waals surface area (Å²) in [6.07, 6.45) is 5.64. The number of amides is 1. The van der Waals surface area contributed by atoms with Crippen LogP contribution in [0.2, 0.25) is 0 Å². The van der Waals surface area contributed by atoms with E-state index in [9.17, 15) is 4.79 Å². The molecule has 0 radical (unpaired) electrons. The summed E-state index contributed by atoms with van der Waals surface area (Å²) >= 11 is 0. The lowest BCUT2D eigenvalue weighted by atomic mass is 9.84. The van der Waals surface area contributed by atoms with Crippen LogP contribution in [0.15, 0.2) is 66.7 Å². The Morgan fingerprint density at radius 3 is 2.24 bits per heavy atom. The topological polar surface area (TPSA) is 38.3 Å². The van der Waals surface area contributed by atoms with Gasteiger partial charge in [0.25, 0.3) is 0 Å². The van der Waals surface area contributed by atoms with Crippen LogP contribution in [0.1, 0.15) is 65.0 Å². The Morgan fingerprint density at radius 2 is 1.59 bits per heavy atom. The third-order valence-electron chi connectivity index (χ3n) is 7.16. The molecule has 0 aromatic heterocycles. The Morgan fingerprint density at radius 1 is 0.941 bits per heavy atom. The van der Waals surface area contributed by atoms with Crippen LogP contribution in [0, 0.1) is 26.7 Å². The fourth-order valence-electron chi connectivity index (χ4n) is 5.47. The third-order valence-corrected chi connectivity index (χ3v) is 7.16. The number of carbonyl (C=O) groups is 1. The second kappa shape index (κ2) is 11.4. The van der Waals surface area contributed by atoms with Gasteiger partial charge in [0, 0.05) is 13.0 Å². The van der Waals surface area contributed by atoms with Gasteiger partial charge in [-0.2, -0.15) is 0 Å². The lowest BCUT2D eigenvalue weighted by Gasteiger charge is -2.23. The first-order valence-corrected chi connectivity index (χ1v) is 12.6. The number of benzene rings is 3. The summed E-state index contributed by atoms with van der Waals surface area (Å²) in [4.78, 5) is 13.2. The number of rotatable bonds is 9. The van der Waals surface area contributed by atoms with Crippen LogP contribution in [0.4, 0.5) is 0 Å². The van der Waals surface area contributed by atoms with Gasteiger partial charge in [0.05, 0.1) is 12.5 Å². The monoisotopic (exact) mass is 455 g/mol. The quantitative estimate of drug-likeness (QED) is 0.384. The summed E-state index contributed by atoms with van der Waals surface area (Å²) < 4.78 is 6.01. The van der Waals surface area contributed by atoms with E-state index in [-0.39, 0.29) is 11.8 Å². The second-order valence-electron chi connectivity index (χ2n) is 9.77. The van der Waals surface area contributed by atoms with Crippen molar-refractivity contribution in [1.82, 2.24) is 5.32 Å². The van der Waals surface area contributed by atoms with Crippen molar-refractivity contribution >= 4 is 5.91 Å². The minimum atomic E-state index is -0.0556. The molecular weight excluding hydrogens is 418 g/mol. The number of ether oxygens (including phenoxy) is 1. The summed E-state index contributed by atoms with van der Waals surface area (Å²) in [6.45, 7) is 7.68. The van der Waals surface area contributed by atoms with E-state index >= 15 is 0 Å². The van der Waals surface area contributed by atoms with Gasteiger partial charge in [0.1, 0.15) is 5.75 Å². The molecule has 1 unspecified atom stereocenters. The molecule has 0 saturated heterocycles. The predicted molar refractivity (Wildman–Crippen MR) is 139 cm³/mol. The zero-order valence-electron chi connectivity index (χ0n) is 20.8. The Balaban J connectivity index is 1.30. The molecule has 1 aliphatic rings. The fraction of sp³-hybridized carbons (Fsp3) is 0.387. The highest BCUT2D eigenvalue weighted by atomic mass is 16.5. The molecule has 3 nitrogen and oxygen atoms in total. The van der Waals surface area contributed by atoms with Crippen molar-refractivity contribution in [3.63, 3.8) is 0 Å². The molecule has 4 rings (SSSR count). The highest BCUT2D eigenvalue weighted by Gasteiger charge is 2.31. The highest BCUT2D eigenvalue weighted by molar-refractivity contribution is 5.84. The van der Waals surface area contributed by atoms with Crippen LogP contribution in [-0.4, -0.2) is 12.5 Å². The highest BCUT2D eigenvalue weighted by Crippen LogP contribution is 2.37. The summed E-state index contributed by atoms with van der Waals surface area (Å²) in [5.41, 5.74) is 7.57. The van der Waals surface area contributed by atoms with E-state index in [2.05, 4.69) is 50.4 Å². The van der Waals surface area contributed by atoms with Crippen molar-refractivity contribution in [3.05, 3.63) is 100 Å². The Bertz CT molecular complexity index is 1060. The Labute approximate surface area is 204 Å². The summed E-state index contributed by atoms with van der Waals surface area (Å²) in [5, 5.41) is 3.20. The first-order valence-electron chi connectivity index (χ1n) is 12.6. The number of hydrogen-bond donors (Lipinski definition) is 1. The molecule has 0 aliphatic heterocycles. The van der Waals surface area contributed by atoms with Gasteiger partial charge in [-0.15, -0.1) is 0 Å². The van der Waals surface area contributed by atoms with Crippen LogP contribution in [0.25, 0.3) is 0 Å². The van der Waals surface area contributed by atoms with Gasteiger partial charge in [0.2, 0.25) is 5.91 Å². The molecule has 0 spiro atoms. The SMILES string of the molecule is Cc1cc(C)c(CCOc2ccc(CNC(=O)C(c3ccccc3)C3CCCC3)cc2)c(C)c1. The molecule has 34 heavy (non-hydrogen) atoms. The minimum Gasteiger partial charge on any atom is -0.493 e. The zero-order valence-corrected chi connectivity index (χ0v) is 20.8. The largest absolute Gasteiger partial charge is 0.493 e. The molecule has 1 atom stereocenters. The molecule has 1 fully saturated rings. The van der Waals surface area contributed by atoms with E-state index in [1.54, 1.807) is 0 Å². The summed E-state index contributed by atoms with van der Waals surface area (Å²) in [5.74, 6) is 1.40. The van der Waals surface area contributed by atoms with Crippen molar-refractivity contribution in [2.75, 3.05) is 6.61 Å². The number of aryl methyl sites for hydroxylation is 3. The third kappa shape index (κ3) is 6.08. The van der Waals surface area contributed by atoms with E-state index in [1.165, 1.54) is 35.1 Å². The second-order valence-corrected chi connectivity index (χ2v) is 9.77. The van der Waals surface area contributed by atoms with E-state index in [4.69, 9.17) is 4.74 Å². The number of hydrogen-bond acceptors (Lipinski definition) is 2. The van der Waals surface area contributed by atoms with Crippen LogP contribution in [0.5, 0.6) is 5.75 Å². The van der Waals surface area contributed by atoms with E-state index < -0.39 is 0 Å². The normalized spacial score (nSPS) is 14.7. The van der Waals surface area contributed by atoms with Crippen LogP contribution in [-0.2, 0) is 17.8 Å². The number of carbonyl (C=O) groups excluding carboxylic acids is 1. The standard InChI is InChI=1S/C31H37NO2/c1-22-19-23(2)29(24(3)20-22)17-18-34-28-15-13-25(14-16-28)21-32-31(33)30(27-11-7-8-12-27)26-9-5-4-6-10-26/h4-6,9-10,13-16,19-20,27,30H,7-8,11-12,17-18,21H2,1-3H3,(H,32,33). The molecule has 3 heteroatoms. The Hall–Kier alpha value is -3.07. The van der Waals surface area contributed by atoms with E-state index in [0.717, 1.165) is 36.1 Å². The molecule has 0 bridgehead atoms. The fourth-order valence-corrected chi connectivity index (χ4v) is 5.47. The maximum absolute atomic E-state index is 13.2. The molecule has 0 heterocycles. The lowest BCUT2D eigenvalue weighted by Crippen LogP contribution is -2.32. The van der Waals surface area contributed by atoms with E-state index in [1.807, 2.05) is 42.5 Å². The van der Waals surface area contributed by atoms with Crippen LogP contribution >= 0.6 is 0 Å². The van der Waals surface area contributed by atoms with Crippen molar-refractivity contribution in [3.8, 4) is 5.75 Å². The molecule has 1 N–H and O–H groups in total. The van der Waals surface area contributed by atoms with Crippen molar-refractivity contribution in [1.29, 1.82) is 0 Å². The Kier molecular flexibility index (Phi) is 8.05. The van der Waals surface area contributed by atoms with Gasteiger partial charge in [-0.25, -0.2) is 0 Å². The van der Waals surface area contributed by atoms with Gasteiger partial charge in [-0.1, -0.05) is 73.0 Å². The molecule has 1 aliphatic carbocycles. The first-order chi connectivity index (χ1) is 16.5. The van der Waals surface area contributed by atoms with Gasteiger partial charge in [-0.3, -0.25) is 4.79 Å². The first kappa shape index (κ1) is 24.1. The smallest absolute Gasteiger partial charge is 0.228 e. The summed E-state index contributed by atoms with van der Waals surface area (Å²) in [6, 6.07) is 22.8. The van der Waals surface area contributed by atoms with Gasteiger partial charge < -0.3 is 10.1 Å². The van der Waals surface area contributed by atoms with Crippen molar-refractivity contribution in [2.24, 2.45) is 5.92 Å². The zero-order chi connectivity index (χ0) is 23.9. The average Bonchev–Trinajstić information content (AvgIpc) is 3.35. The minimum absolute atomic E-state index is 0.0556. The molecule has 1 saturated carbocycles. The average molecular weight is 456 g/mol. The van der Waals surface area contributed by atoms with Crippen LogP contribution in [0.3, 0.4) is 0 Å².